The molecule has 2 heterocycles. The molecule has 2 rings (SSSR count). The number of nitrogens with one attached hydrogen (secondary N) is 1. The Morgan fingerprint density at radius 1 is 1.59 bits per heavy atom. The Bertz CT molecular complexity index is 421. The number of hydrogen-bond donors (Lipinski definition) is 1. The lowest BCUT2D eigenvalue weighted by Crippen LogP contribution is -2.27. The lowest BCUT2D eigenvalue weighted by Gasteiger charge is -2.20. The van der Waals surface area contributed by atoms with Crippen molar-refractivity contribution in [2.75, 3.05) is 13.7 Å². The first-order chi connectivity index (χ1) is 7.77. The van der Waals surface area contributed by atoms with Crippen LogP contribution in [0, 0.1) is 0 Å². The van der Waals surface area contributed by atoms with E-state index in [2.05, 4.69) is 10.3 Å². The van der Waals surface area contributed by atoms with Crippen LogP contribution in [-0.2, 0) is 24.1 Å². The quantitative estimate of drug-likeness (QED) is 0.815. The molecule has 0 bridgehead atoms. The Morgan fingerprint density at radius 3 is 3.00 bits per heavy atom. The molecule has 1 aliphatic rings. The summed E-state index contributed by atoms with van der Waals surface area (Å²) in [5.74, 6) is -0.261. The number of nitrogens with zero attached hydrogens (tertiary/aromatic N) is 1. The van der Waals surface area contributed by atoms with Crippen LogP contribution in [0.3, 0.4) is 0 Å². The van der Waals surface area contributed by atoms with Crippen molar-refractivity contribution < 1.29 is 9.53 Å². The van der Waals surface area contributed by atoms with Crippen molar-refractivity contribution in [3.05, 3.63) is 28.6 Å². The summed E-state index contributed by atoms with van der Waals surface area (Å²) in [6.07, 6.45) is 3.49. The molecule has 0 amide bonds. The third kappa shape index (κ3) is 2.58. The molecular weight excluding hydrogens is 240 g/mol. The van der Waals surface area contributed by atoms with E-state index in [1.807, 2.05) is 13.1 Å². The molecule has 1 aromatic rings. The first-order valence-corrected chi connectivity index (χ1v) is 5.56. The Labute approximate surface area is 107 Å². The van der Waals surface area contributed by atoms with Gasteiger partial charge in [-0.25, -0.2) is 4.79 Å². The van der Waals surface area contributed by atoms with Gasteiger partial charge in [-0.15, -0.1) is 12.4 Å². The molecule has 0 fully saturated rings. The average molecular weight is 257 g/mol. The number of pyridine rings is 1. The van der Waals surface area contributed by atoms with E-state index in [0.29, 0.717) is 5.56 Å². The number of halogens is 1. The molecule has 0 saturated heterocycles. The molecule has 17 heavy (non-hydrogen) atoms. The SMILES string of the molecule is CCc1ncc2c(c1C(=O)OC)CCNC2.Cl. The van der Waals surface area contributed by atoms with Gasteiger partial charge < -0.3 is 10.1 Å². The van der Waals surface area contributed by atoms with E-state index in [1.54, 1.807) is 0 Å². The summed E-state index contributed by atoms with van der Waals surface area (Å²) < 4.78 is 4.85. The molecule has 0 radical (unpaired) electrons. The first-order valence-electron chi connectivity index (χ1n) is 5.56. The summed E-state index contributed by atoms with van der Waals surface area (Å²) in [7, 11) is 1.42. The van der Waals surface area contributed by atoms with Gasteiger partial charge in [-0.3, -0.25) is 4.98 Å². The minimum Gasteiger partial charge on any atom is -0.465 e. The molecule has 0 aliphatic carbocycles. The number of ether oxygens (including phenoxy) is 1. The van der Waals surface area contributed by atoms with Gasteiger partial charge in [0, 0.05) is 12.7 Å². The van der Waals surface area contributed by atoms with Gasteiger partial charge in [0.2, 0.25) is 0 Å². The van der Waals surface area contributed by atoms with Crippen LogP contribution in [0.4, 0.5) is 0 Å². The van der Waals surface area contributed by atoms with Crippen LogP contribution in [0.5, 0.6) is 0 Å². The Kier molecular flexibility index (Phi) is 4.90. The van der Waals surface area contributed by atoms with Gasteiger partial charge in [-0.05, 0) is 30.5 Å². The molecule has 0 atom stereocenters. The smallest absolute Gasteiger partial charge is 0.340 e. The van der Waals surface area contributed by atoms with Gasteiger partial charge in [0.05, 0.1) is 18.4 Å². The normalized spacial score (nSPS) is 13.5. The number of carbonyl (C=O) groups excluding carboxylic acids is 1. The van der Waals surface area contributed by atoms with Crippen LogP contribution >= 0.6 is 12.4 Å². The molecule has 0 unspecified atom stereocenters. The van der Waals surface area contributed by atoms with E-state index in [-0.39, 0.29) is 18.4 Å². The molecule has 1 aliphatic heterocycles. The fraction of sp³-hybridized carbons (Fsp3) is 0.500. The summed E-state index contributed by atoms with van der Waals surface area (Å²) in [5.41, 5.74) is 3.75. The number of methoxy groups -OCH3 is 1. The Hall–Kier alpha value is -1.13. The second-order valence-corrected chi connectivity index (χ2v) is 3.86. The third-order valence-corrected chi connectivity index (χ3v) is 2.95. The summed E-state index contributed by atoms with van der Waals surface area (Å²) >= 11 is 0. The molecule has 0 spiro atoms. The van der Waals surface area contributed by atoms with Crippen molar-refractivity contribution in [2.24, 2.45) is 0 Å². The van der Waals surface area contributed by atoms with Crippen molar-refractivity contribution in [3.8, 4) is 0 Å². The van der Waals surface area contributed by atoms with Crippen molar-refractivity contribution in [3.63, 3.8) is 0 Å². The van der Waals surface area contributed by atoms with Crippen LogP contribution in [0.1, 0.15) is 34.1 Å². The van der Waals surface area contributed by atoms with Gasteiger partial charge in [-0.1, -0.05) is 6.92 Å². The summed E-state index contributed by atoms with van der Waals surface area (Å²) in [5, 5.41) is 3.27. The topological polar surface area (TPSA) is 51.2 Å². The zero-order valence-corrected chi connectivity index (χ0v) is 10.9. The molecule has 0 aromatic carbocycles. The van der Waals surface area contributed by atoms with E-state index in [9.17, 15) is 4.79 Å². The Balaban J connectivity index is 0.00000144. The van der Waals surface area contributed by atoms with Crippen LogP contribution in [0.15, 0.2) is 6.20 Å². The van der Waals surface area contributed by atoms with Crippen molar-refractivity contribution >= 4 is 18.4 Å². The number of esters is 1. The minimum atomic E-state index is -0.261. The fourth-order valence-corrected chi connectivity index (χ4v) is 2.12. The highest BCUT2D eigenvalue weighted by Crippen LogP contribution is 2.21. The molecule has 4 nitrogen and oxygen atoms in total. The third-order valence-electron chi connectivity index (χ3n) is 2.95. The van der Waals surface area contributed by atoms with E-state index < -0.39 is 0 Å². The maximum absolute atomic E-state index is 11.8. The number of aromatic nitrogens is 1. The Morgan fingerprint density at radius 2 is 2.35 bits per heavy atom. The first kappa shape index (κ1) is 13.9. The molecule has 94 valence electrons. The van der Waals surface area contributed by atoms with Crippen molar-refractivity contribution in [1.29, 1.82) is 0 Å². The van der Waals surface area contributed by atoms with Crippen LogP contribution < -0.4 is 5.32 Å². The van der Waals surface area contributed by atoms with Crippen molar-refractivity contribution in [1.82, 2.24) is 10.3 Å². The lowest BCUT2D eigenvalue weighted by atomic mass is 9.95. The fourth-order valence-electron chi connectivity index (χ4n) is 2.12. The summed E-state index contributed by atoms with van der Waals surface area (Å²) in [6.45, 7) is 3.70. The van der Waals surface area contributed by atoms with E-state index in [4.69, 9.17) is 4.74 Å². The van der Waals surface area contributed by atoms with Crippen LogP contribution in [0.25, 0.3) is 0 Å². The number of fused-ring (bicyclic) bond motifs is 1. The number of rotatable bonds is 2. The van der Waals surface area contributed by atoms with Crippen molar-refractivity contribution in [2.45, 2.75) is 26.3 Å². The molecule has 0 saturated carbocycles. The maximum atomic E-state index is 11.8. The van der Waals surface area contributed by atoms with Crippen LogP contribution in [0.2, 0.25) is 0 Å². The van der Waals surface area contributed by atoms with E-state index >= 15 is 0 Å². The molecule has 1 aromatic heterocycles. The highest BCUT2D eigenvalue weighted by atomic mass is 35.5. The number of hydrogen-bond acceptors (Lipinski definition) is 4. The minimum absolute atomic E-state index is 0. The second-order valence-electron chi connectivity index (χ2n) is 3.86. The molecule has 5 heteroatoms. The van der Waals surface area contributed by atoms with Gasteiger partial charge >= 0.3 is 5.97 Å². The van der Waals surface area contributed by atoms with E-state index in [0.717, 1.165) is 42.8 Å². The predicted molar refractivity (Wildman–Crippen MR) is 67.6 cm³/mol. The molecule has 1 N–H and O–H groups in total. The monoisotopic (exact) mass is 256 g/mol. The lowest BCUT2D eigenvalue weighted by molar-refractivity contribution is 0.0597. The summed E-state index contributed by atoms with van der Waals surface area (Å²) in [4.78, 5) is 16.1. The highest BCUT2D eigenvalue weighted by molar-refractivity contribution is 5.92. The van der Waals surface area contributed by atoms with E-state index in [1.165, 1.54) is 7.11 Å². The molecular formula is C12H17ClN2O2. The standard InChI is InChI=1S/C12H16N2O2.ClH/c1-3-10-11(12(15)16-2)9-4-5-13-6-8(9)7-14-10;/h7,13H,3-6H2,1-2H3;1H. The maximum Gasteiger partial charge on any atom is 0.340 e. The summed E-state index contributed by atoms with van der Waals surface area (Å²) in [6, 6.07) is 0. The van der Waals surface area contributed by atoms with Gasteiger partial charge in [-0.2, -0.15) is 0 Å². The van der Waals surface area contributed by atoms with Crippen LogP contribution in [-0.4, -0.2) is 24.6 Å². The van der Waals surface area contributed by atoms with Gasteiger partial charge in [0.25, 0.3) is 0 Å². The second kappa shape index (κ2) is 5.98. The van der Waals surface area contributed by atoms with Gasteiger partial charge in [0.1, 0.15) is 0 Å². The average Bonchev–Trinajstić information content (AvgIpc) is 2.36. The number of carbonyl (C=O) groups is 1. The number of aryl methyl sites for hydroxylation is 1. The zero-order valence-electron chi connectivity index (χ0n) is 10.1. The zero-order chi connectivity index (χ0) is 11.5. The highest BCUT2D eigenvalue weighted by Gasteiger charge is 2.22. The largest absolute Gasteiger partial charge is 0.465 e. The predicted octanol–water partition coefficient (Wildman–Crippen LogP) is 1.50. The van der Waals surface area contributed by atoms with Gasteiger partial charge in [0.15, 0.2) is 0 Å².